The van der Waals surface area contributed by atoms with Gasteiger partial charge in [-0.1, -0.05) is 36.4 Å². The number of Topliss-reactive ketones (excluding diaryl/α,β-unsaturated/α-hetero) is 2. The smallest absolute Gasteiger partial charge is 0.170 e. The lowest BCUT2D eigenvalue weighted by Crippen LogP contribution is -2.25. The maximum atomic E-state index is 12.2. The molecule has 4 nitrogen and oxygen atoms in total. The topological polar surface area (TPSA) is 56.3 Å². The number of allylic oxidation sites excluding steroid dienone is 1. The number of carbonyl (C=O) groups excluding carboxylic acids is 2. The largest absolute Gasteiger partial charge is 0.494 e. The number of aromatic nitrogens is 1. The monoisotopic (exact) mass is 307 g/mol. The Hall–Kier alpha value is -2.75. The molecule has 1 fully saturated rings. The second kappa shape index (κ2) is 7.01. The van der Waals surface area contributed by atoms with Crippen LogP contribution in [0.1, 0.15) is 30.0 Å². The number of nitrogens with zero attached hydrogens (tertiary/aromatic N) is 1. The highest BCUT2D eigenvalue weighted by Crippen LogP contribution is 2.31. The van der Waals surface area contributed by atoms with Crippen LogP contribution in [0, 0.1) is 0 Å². The summed E-state index contributed by atoms with van der Waals surface area (Å²) in [6, 6.07) is 15.2. The summed E-state index contributed by atoms with van der Waals surface area (Å²) in [5.74, 6) is -0.351. The lowest BCUT2D eigenvalue weighted by Gasteiger charge is -2.22. The van der Waals surface area contributed by atoms with Gasteiger partial charge in [0.2, 0.25) is 0 Å². The first kappa shape index (κ1) is 15.2. The Balaban J connectivity index is 1.65. The van der Waals surface area contributed by atoms with E-state index in [9.17, 15) is 9.59 Å². The standard InChI is InChI=1S/C19H17NO3/c21-18-10-15(14-6-2-1-3-7-14)11-19(22)17(18)13-23-12-16-8-4-5-9-20-16/h1-9,13,15H,10-12H2. The average molecular weight is 307 g/mol. The fraction of sp³-hybridized carbons (Fsp3) is 0.211. The fourth-order valence-corrected chi connectivity index (χ4v) is 2.68. The highest BCUT2D eigenvalue weighted by Gasteiger charge is 2.31. The number of benzene rings is 1. The molecule has 0 unspecified atom stereocenters. The van der Waals surface area contributed by atoms with Gasteiger partial charge in [-0.15, -0.1) is 0 Å². The molecule has 1 saturated carbocycles. The van der Waals surface area contributed by atoms with Gasteiger partial charge in [0.25, 0.3) is 0 Å². The predicted octanol–water partition coefficient (Wildman–Crippen LogP) is 3.20. The molecule has 1 aliphatic rings. The quantitative estimate of drug-likeness (QED) is 0.494. The van der Waals surface area contributed by atoms with Crippen LogP contribution in [0.3, 0.4) is 0 Å². The van der Waals surface area contributed by atoms with E-state index in [0.29, 0.717) is 12.8 Å². The van der Waals surface area contributed by atoms with Crippen LogP contribution in [-0.4, -0.2) is 16.6 Å². The Morgan fingerprint density at radius 1 is 1.00 bits per heavy atom. The van der Waals surface area contributed by atoms with E-state index < -0.39 is 0 Å². The normalized spacial score (nSPS) is 17.9. The van der Waals surface area contributed by atoms with Crippen molar-refractivity contribution in [1.82, 2.24) is 4.98 Å². The number of pyridine rings is 1. The number of ketones is 2. The predicted molar refractivity (Wildman–Crippen MR) is 85.5 cm³/mol. The van der Waals surface area contributed by atoms with Crippen molar-refractivity contribution in [3.8, 4) is 0 Å². The lowest BCUT2D eigenvalue weighted by atomic mass is 9.80. The lowest BCUT2D eigenvalue weighted by molar-refractivity contribution is -0.124. The minimum Gasteiger partial charge on any atom is -0.494 e. The number of carbonyl (C=O) groups is 2. The second-order valence-corrected chi connectivity index (χ2v) is 5.53. The first-order chi connectivity index (χ1) is 11.2. The van der Waals surface area contributed by atoms with Gasteiger partial charge in [-0.3, -0.25) is 14.6 Å². The summed E-state index contributed by atoms with van der Waals surface area (Å²) < 4.78 is 5.37. The van der Waals surface area contributed by atoms with Gasteiger partial charge in [-0.05, 0) is 23.6 Å². The summed E-state index contributed by atoms with van der Waals surface area (Å²) in [6.45, 7) is 0.243. The van der Waals surface area contributed by atoms with Crippen LogP contribution in [0.15, 0.2) is 66.6 Å². The summed E-state index contributed by atoms with van der Waals surface area (Å²) in [7, 11) is 0. The van der Waals surface area contributed by atoms with Crippen molar-refractivity contribution in [2.75, 3.05) is 0 Å². The van der Waals surface area contributed by atoms with E-state index in [1.807, 2.05) is 48.5 Å². The molecule has 0 N–H and O–H groups in total. The third-order valence-corrected chi connectivity index (χ3v) is 3.89. The fourth-order valence-electron chi connectivity index (χ4n) is 2.68. The molecule has 0 saturated heterocycles. The molecule has 1 heterocycles. The number of ether oxygens (including phenoxy) is 1. The van der Waals surface area contributed by atoms with E-state index in [1.54, 1.807) is 6.20 Å². The van der Waals surface area contributed by atoms with Crippen LogP contribution in [0.4, 0.5) is 0 Å². The SMILES string of the molecule is O=C1CC(c2ccccc2)CC(=O)C1=COCc1ccccn1. The zero-order valence-corrected chi connectivity index (χ0v) is 12.6. The number of hydrogen-bond donors (Lipinski definition) is 0. The molecule has 0 amide bonds. The van der Waals surface area contributed by atoms with Crippen molar-refractivity contribution in [3.63, 3.8) is 0 Å². The average Bonchev–Trinajstić information content (AvgIpc) is 2.59. The van der Waals surface area contributed by atoms with Crippen molar-refractivity contribution in [3.05, 3.63) is 77.8 Å². The summed E-state index contributed by atoms with van der Waals surface area (Å²) in [5.41, 5.74) is 1.94. The zero-order valence-electron chi connectivity index (χ0n) is 12.6. The molecule has 0 aliphatic heterocycles. The second-order valence-electron chi connectivity index (χ2n) is 5.53. The van der Waals surface area contributed by atoms with Crippen molar-refractivity contribution in [2.24, 2.45) is 0 Å². The molecule has 23 heavy (non-hydrogen) atoms. The van der Waals surface area contributed by atoms with Gasteiger partial charge < -0.3 is 4.74 Å². The summed E-state index contributed by atoms with van der Waals surface area (Å²) in [4.78, 5) is 28.6. The van der Waals surface area contributed by atoms with Crippen molar-refractivity contribution in [1.29, 1.82) is 0 Å². The zero-order chi connectivity index (χ0) is 16.1. The minimum atomic E-state index is -0.156. The third kappa shape index (κ3) is 3.72. The molecular weight excluding hydrogens is 290 g/mol. The Morgan fingerprint density at radius 2 is 1.70 bits per heavy atom. The molecular formula is C19H17NO3. The van der Waals surface area contributed by atoms with E-state index in [-0.39, 0.29) is 29.7 Å². The third-order valence-electron chi connectivity index (χ3n) is 3.89. The highest BCUT2D eigenvalue weighted by molar-refractivity contribution is 6.22. The Morgan fingerprint density at radius 3 is 2.35 bits per heavy atom. The Kier molecular flexibility index (Phi) is 4.62. The molecule has 0 radical (unpaired) electrons. The summed E-state index contributed by atoms with van der Waals surface area (Å²) in [6.07, 6.45) is 3.65. The highest BCUT2D eigenvalue weighted by atomic mass is 16.5. The van der Waals surface area contributed by atoms with Gasteiger partial charge in [0.15, 0.2) is 11.6 Å². The first-order valence-electron chi connectivity index (χ1n) is 7.57. The van der Waals surface area contributed by atoms with Crippen molar-refractivity contribution >= 4 is 11.6 Å². The van der Waals surface area contributed by atoms with Gasteiger partial charge in [-0.2, -0.15) is 0 Å². The van der Waals surface area contributed by atoms with Crippen molar-refractivity contribution in [2.45, 2.75) is 25.4 Å². The maximum absolute atomic E-state index is 12.2. The Bertz CT molecular complexity index is 703. The molecule has 1 aromatic carbocycles. The summed E-state index contributed by atoms with van der Waals surface area (Å²) in [5, 5.41) is 0. The van der Waals surface area contributed by atoms with Gasteiger partial charge in [0.05, 0.1) is 17.5 Å². The molecule has 1 aliphatic carbocycles. The van der Waals surface area contributed by atoms with E-state index in [4.69, 9.17) is 4.74 Å². The van der Waals surface area contributed by atoms with Crippen molar-refractivity contribution < 1.29 is 14.3 Å². The minimum absolute atomic E-state index is 0.0378. The number of rotatable bonds is 4. The Labute approximate surface area is 134 Å². The van der Waals surface area contributed by atoms with Crippen LogP contribution in [0.5, 0.6) is 0 Å². The van der Waals surface area contributed by atoms with Crippen LogP contribution < -0.4 is 0 Å². The van der Waals surface area contributed by atoms with E-state index >= 15 is 0 Å². The molecule has 116 valence electrons. The van der Waals surface area contributed by atoms with Gasteiger partial charge in [0, 0.05) is 19.0 Å². The van der Waals surface area contributed by atoms with E-state index in [2.05, 4.69) is 4.98 Å². The molecule has 4 heteroatoms. The maximum Gasteiger partial charge on any atom is 0.170 e. The van der Waals surface area contributed by atoms with Gasteiger partial charge >= 0.3 is 0 Å². The molecule has 0 bridgehead atoms. The van der Waals surface area contributed by atoms with Gasteiger partial charge in [0.1, 0.15) is 6.61 Å². The number of hydrogen-bond acceptors (Lipinski definition) is 4. The van der Waals surface area contributed by atoms with E-state index in [1.165, 1.54) is 6.26 Å². The van der Waals surface area contributed by atoms with Crippen LogP contribution in [-0.2, 0) is 20.9 Å². The molecule has 0 spiro atoms. The van der Waals surface area contributed by atoms with Crippen LogP contribution >= 0.6 is 0 Å². The first-order valence-corrected chi connectivity index (χ1v) is 7.57. The summed E-state index contributed by atoms with van der Waals surface area (Å²) >= 11 is 0. The molecule has 1 aromatic heterocycles. The van der Waals surface area contributed by atoms with Gasteiger partial charge in [-0.25, -0.2) is 0 Å². The van der Waals surface area contributed by atoms with Crippen LogP contribution in [0.25, 0.3) is 0 Å². The molecule has 0 atom stereocenters. The van der Waals surface area contributed by atoms with E-state index in [0.717, 1.165) is 11.3 Å². The molecule has 2 aromatic rings. The molecule has 3 rings (SSSR count). The van der Waals surface area contributed by atoms with Crippen LogP contribution in [0.2, 0.25) is 0 Å².